The Labute approximate surface area is 102 Å². The molecular formula is C13H21N3O. The maximum atomic E-state index is 9.38. The summed E-state index contributed by atoms with van der Waals surface area (Å²) in [7, 11) is 0. The minimum Gasteiger partial charge on any atom is -0.388 e. The molecule has 0 aromatic carbocycles. The lowest BCUT2D eigenvalue weighted by atomic mass is 10.00. The molecule has 1 heterocycles. The van der Waals surface area contributed by atoms with Crippen molar-refractivity contribution in [2.45, 2.75) is 58.1 Å². The third kappa shape index (κ3) is 1.79. The van der Waals surface area contributed by atoms with Crippen molar-refractivity contribution in [2.75, 3.05) is 0 Å². The van der Waals surface area contributed by atoms with Crippen LogP contribution in [-0.4, -0.2) is 19.9 Å². The van der Waals surface area contributed by atoms with Gasteiger partial charge in [0.25, 0.3) is 0 Å². The van der Waals surface area contributed by atoms with Crippen LogP contribution >= 0.6 is 0 Å². The summed E-state index contributed by atoms with van der Waals surface area (Å²) in [5.74, 6) is 4.25. The molecule has 4 heteroatoms. The minimum atomic E-state index is -0.0519. The molecule has 2 fully saturated rings. The molecule has 17 heavy (non-hydrogen) atoms. The molecular weight excluding hydrogens is 214 g/mol. The van der Waals surface area contributed by atoms with Crippen molar-refractivity contribution in [3.05, 3.63) is 11.6 Å². The second-order valence-corrected chi connectivity index (χ2v) is 6.56. The molecule has 1 aromatic rings. The van der Waals surface area contributed by atoms with Crippen LogP contribution in [0.15, 0.2) is 0 Å². The molecule has 0 spiro atoms. The maximum Gasteiger partial charge on any atom is 0.159 e. The second-order valence-electron chi connectivity index (χ2n) is 6.56. The Hall–Kier alpha value is -0.900. The predicted molar refractivity (Wildman–Crippen MR) is 64.5 cm³/mol. The summed E-state index contributed by atoms with van der Waals surface area (Å²) >= 11 is 0. The lowest BCUT2D eigenvalue weighted by molar-refractivity contribution is 0.246. The van der Waals surface area contributed by atoms with Gasteiger partial charge in [-0.15, -0.1) is 10.2 Å². The quantitative estimate of drug-likeness (QED) is 0.853. The van der Waals surface area contributed by atoms with Gasteiger partial charge in [0.2, 0.25) is 0 Å². The smallest absolute Gasteiger partial charge is 0.159 e. The second kappa shape index (κ2) is 3.55. The van der Waals surface area contributed by atoms with Gasteiger partial charge in [-0.1, -0.05) is 0 Å². The first-order valence-electron chi connectivity index (χ1n) is 6.56. The van der Waals surface area contributed by atoms with Crippen molar-refractivity contribution >= 4 is 0 Å². The zero-order valence-electron chi connectivity index (χ0n) is 10.8. The van der Waals surface area contributed by atoms with Crippen LogP contribution in [0.4, 0.5) is 0 Å². The summed E-state index contributed by atoms with van der Waals surface area (Å²) in [5, 5.41) is 17.9. The molecule has 4 nitrogen and oxygen atoms in total. The van der Waals surface area contributed by atoms with E-state index in [1.54, 1.807) is 0 Å². The van der Waals surface area contributed by atoms with Crippen LogP contribution in [0.2, 0.25) is 0 Å². The van der Waals surface area contributed by atoms with Crippen molar-refractivity contribution in [1.29, 1.82) is 0 Å². The molecule has 3 rings (SSSR count). The Kier molecular flexibility index (Phi) is 2.34. The topological polar surface area (TPSA) is 50.9 Å². The Morgan fingerprint density at radius 3 is 2.35 bits per heavy atom. The van der Waals surface area contributed by atoms with Gasteiger partial charge in [0.1, 0.15) is 12.4 Å². The Morgan fingerprint density at radius 2 is 1.82 bits per heavy atom. The zero-order chi connectivity index (χ0) is 12.2. The molecule has 1 N–H and O–H groups in total. The van der Waals surface area contributed by atoms with Crippen molar-refractivity contribution in [3.8, 4) is 0 Å². The number of hydrogen-bond acceptors (Lipinski definition) is 3. The van der Waals surface area contributed by atoms with Crippen LogP contribution in [0.25, 0.3) is 0 Å². The van der Waals surface area contributed by atoms with Gasteiger partial charge in [-0.25, -0.2) is 0 Å². The first-order chi connectivity index (χ1) is 8.00. The van der Waals surface area contributed by atoms with Crippen LogP contribution in [0.3, 0.4) is 0 Å². The number of nitrogens with zero attached hydrogens (tertiary/aromatic N) is 3. The first kappa shape index (κ1) is 11.2. The van der Waals surface area contributed by atoms with Crippen molar-refractivity contribution < 1.29 is 5.11 Å². The highest BCUT2D eigenvalue weighted by Gasteiger charge is 2.48. The highest BCUT2D eigenvalue weighted by molar-refractivity contribution is 5.12. The SMILES string of the molecule is CC(C)(C)n1c(CO)nnc1C1CC2CC2C1. The van der Waals surface area contributed by atoms with Crippen LogP contribution in [0.5, 0.6) is 0 Å². The highest BCUT2D eigenvalue weighted by Crippen LogP contribution is 2.57. The molecule has 0 radical (unpaired) electrons. The summed E-state index contributed by atoms with van der Waals surface area (Å²) in [6.07, 6.45) is 3.96. The van der Waals surface area contributed by atoms with E-state index in [-0.39, 0.29) is 12.1 Å². The monoisotopic (exact) mass is 235 g/mol. The fourth-order valence-corrected chi connectivity index (χ4v) is 3.35. The van der Waals surface area contributed by atoms with Gasteiger partial charge < -0.3 is 9.67 Å². The summed E-state index contributed by atoms with van der Waals surface area (Å²) < 4.78 is 2.14. The zero-order valence-corrected chi connectivity index (χ0v) is 10.8. The maximum absolute atomic E-state index is 9.38. The van der Waals surface area contributed by atoms with E-state index in [2.05, 4.69) is 35.5 Å². The molecule has 0 amide bonds. The Morgan fingerprint density at radius 1 is 1.18 bits per heavy atom. The molecule has 2 aliphatic carbocycles. The van der Waals surface area contributed by atoms with Gasteiger partial charge in [-0.3, -0.25) is 0 Å². The summed E-state index contributed by atoms with van der Waals surface area (Å²) in [4.78, 5) is 0. The third-order valence-corrected chi connectivity index (χ3v) is 4.18. The summed E-state index contributed by atoms with van der Waals surface area (Å²) in [5.41, 5.74) is -0.0519. The van der Waals surface area contributed by atoms with E-state index in [4.69, 9.17) is 0 Å². The molecule has 0 bridgehead atoms. The van der Waals surface area contributed by atoms with E-state index in [9.17, 15) is 5.11 Å². The van der Waals surface area contributed by atoms with Gasteiger partial charge in [0.15, 0.2) is 5.82 Å². The van der Waals surface area contributed by atoms with Crippen LogP contribution in [-0.2, 0) is 12.1 Å². The molecule has 0 aliphatic heterocycles. The number of fused-ring (bicyclic) bond motifs is 1. The normalized spacial score (nSPS) is 31.6. The van der Waals surface area contributed by atoms with E-state index < -0.39 is 0 Å². The standard InChI is InChI=1S/C13H21N3O/c1-13(2,3)16-11(7-17)14-15-12(16)10-5-8-4-9(8)6-10/h8-10,17H,4-7H2,1-3H3. The summed E-state index contributed by atoms with van der Waals surface area (Å²) in [6, 6.07) is 0. The van der Waals surface area contributed by atoms with E-state index in [1.165, 1.54) is 19.3 Å². The van der Waals surface area contributed by atoms with Crippen LogP contribution < -0.4 is 0 Å². The molecule has 2 aliphatic rings. The van der Waals surface area contributed by atoms with Gasteiger partial charge in [0.05, 0.1) is 0 Å². The van der Waals surface area contributed by atoms with E-state index in [0.717, 1.165) is 17.7 Å². The fraction of sp³-hybridized carbons (Fsp3) is 0.846. The van der Waals surface area contributed by atoms with Gasteiger partial charge in [-0.05, 0) is 51.9 Å². The van der Waals surface area contributed by atoms with Crippen molar-refractivity contribution in [2.24, 2.45) is 11.8 Å². The molecule has 1 aromatic heterocycles. The van der Waals surface area contributed by atoms with Gasteiger partial charge in [0, 0.05) is 11.5 Å². The lowest BCUT2D eigenvalue weighted by Crippen LogP contribution is -2.27. The number of rotatable bonds is 2. The molecule has 0 saturated heterocycles. The average Bonchev–Trinajstić information content (AvgIpc) is 2.75. The number of aromatic nitrogens is 3. The average molecular weight is 235 g/mol. The molecule has 2 saturated carbocycles. The fourth-order valence-electron chi connectivity index (χ4n) is 3.35. The lowest BCUT2D eigenvalue weighted by Gasteiger charge is -2.26. The third-order valence-electron chi connectivity index (χ3n) is 4.18. The predicted octanol–water partition coefficient (Wildman–Crippen LogP) is 2.04. The summed E-state index contributed by atoms with van der Waals surface area (Å²) in [6.45, 7) is 6.42. The molecule has 2 atom stereocenters. The Balaban J connectivity index is 1.96. The van der Waals surface area contributed by atoms with E-state index in [0.29, 0.717) is 11.7 Å². The number of hydrogen-bond donors (Lipinski definition) is 1. The number of aliphatic hydroxyl groups is 1. The largest absolute Gasteiger partial charge is 0.388 e. The van der Waals surface area contributed by atoms with Crippen molar-refractivity contribution in [1.82, 2.24) is 14.8 Å². The van der Waals surface area contributed by atoms with Gasteiger partial charge in [-0.2, -0.15) is 0 Å². The van der Waals surface area contributed by atoms with E-state index >= 15 is 0 Å². The Bertz CT molecular complexity index is 422. The number of aliphatic hydroxyl groups excluding tert-OH is 1. The van der Waals surface area contributed by atoms with E-state index in [1.807, 2.05) is 0 Å². The van der Waals surface area contributed by atoms with Gasteiger partial charge >= 0.3 is 0 Å². The highest BCUT2D eigenvalue weighted by atomic mass is 16.3. The van der Waals surface area contributed by atoms with Crippen molar-refractivity contribution in [3.63, 3.8) is 0 Å². The first-order valence-corrected chi connectivity index (χ1v) is 6.56. The molecule has 94 valence electrons. The van der Waals surface area contributed by atoms with Crippen LogP contribution in [0, 0.1) is 11.8 Å². The van der Waals surface area contributed by atoms with Crippen LogP contribution in [0.1, 0.15) is 57.6 Å². The minimum absolute atomic E-state index is 0.0240. The molecule has 2 unspecified atom stereocenters.